The van der Waals surface area contributed by atoms with Gasteiger partial charge in [0.1, 0.15) is 0 Å². The molecule has 2 heteroatoms. The molecule has 1 fully saturated rings. The lowest BCUT2D eigenvalue weighted by molar-refractivity contribution is 0.344. The largest absolute Gasteiger partial charge is 0.316 e. The number of rotatable bonds is 5. The van der Waals surface area contributed by atoms with Gasteiger partial charge in [0.25, 0.3) is 0 Å². The second-order valence-corrected chi connectivity index (χ2v) is 5.81. The molecule has 0 amide bonds. The van der Waals surface area contributed by atoms with Crippen LogP contribution >= 0.6 is 0 Å². The summed E-state index contributed by atoms with van der Waals surface area (Å²) in [6.07, 6.45) is 2.31. The fourth-order valence-corrected chi connectivity index (χ4v) is 3.20. The smallest absolute Gasteiger partial charge is 0.0160 e. The second-order valence-electron chi connectivity index (χ2n) is 5.81. The molecule has 2 unspecified atom stereocenters. The van der Waals surface area contributed by atoms with Crippen LogP contribution in [-0.4, -0.2) is 25.7 Å². The van der Waals surface area contributed by atoms with Crippen LogP contribution in [0.3, 0.4) is 0 Å². The van der Waals surface area contributed by atoms with E-state index < -0.39 is 0 Å². The van der Waals surface area contributed by atoms with Crippen molar-refractivity contribution in [2.24, 2.45) is 0 Å². The van der Waals surface area contributed by atoms with Gasteiger partial charge in [-0.3, -0.25) is 0 Å². The van der Waals surface area contributed by atoms with Gasteiger partial charge in [0, 0.05) is 18.5 Å². The van der Waals surface area contributed by atoms with Gasteiger partial charge in [-0.15, -0.1) is 0 Å². The van der Waals surface area contributed by atoms with Gasteiger partial charge >= 0.3 is 0 Å². The van der Waals surface area contributed by atoms with Crippen LogP contribution in [0.4, 0.5) is 0 Å². The maximum absolute atomic E-state index is 3.78. The van der Waals surface area contributed by atoms with Gasteiger partial charge in [-0.1, -0.05) is 60.7 Å². The predicted molar refractivity (Wildman–Crippen MR) is 88.6 cm³/mol. The summed E-state index contributed by atoms with van der Waals surface area (Å²) >= 11 is 0. The average molecular weight is 280 g/mol. The first-order chi connectivity index (χ1) is 10.4. The van der Waals surface area contributed by atoms with Gasteiger partial charge < -0.3 is 10.6 Å². The Hall–Kier alpha value is -1.64. The third-order valence-electron chi connectivity index (χ3n) is 4.37. The summed E-state index contributed by atoms with van der Waals surface area (Å²) in [6.45, 7) is 3.25. The van der Waals surface area contributed by atoms with Gasteiger partial charge in [-0.2, -0.15) is 0 Å². The molecule has 0 aromatic heterocycles. The highest BCUT2D eigenvalue weighted by molar-refractivity contribution is 5.23. The van der Waals surface area contributed by atoms with Crippen LogP contribution < -0.4 is 10.6 Å². The molecule has 3 rings (SSSR count). The van der Waals surface area contributed by atoms with E-state index >= 15 is 0 Å². The molecule has 2 aromatic rings. The topological polar surface area (TPSA) is 24.1 Å². The lowest BCUT2D eigenvalue weighted by Gasteiger charge is -2.33. The zero-order chi connectivity index (χ0) is 14.3. The number of hydrogen-bond donors (Lipinski definition) is 2. The standard InChI is InChI=1S/C19H24N2/c1-3-7-16(8-4-1)11-14-21-19-12-13-20-15-18(19)17-9-5-2-6-10-17/h1-10,18-21H,11-15H2. The van der Waals surface area contributed by atoms with E-state index in [-0.39, 0.29) is 0 Å². The van der Waals surface area contributed by atoms with Gasteiger partial charge in [-0.05, 0) is 37.1 Å². The van der Waals surface area contributed by atoms with Crippen molar-refractivity contribution in [3.8, 4) is 0 Å². The third kappa shape index (κ3) is 3.93. The minimum atomic E-state index is 0.579. The Morgan fingerprint density at radius 2 is 1.67 bits per heavy atom. The Morgan fingerprint density at radius 3 is 2.43 bits per heavy atom. The van der Waals surface area contributed by atoms with Crippen molar-refractivity contribution in [2.75, 3.05) is 19.6 Å². The minimum absolute atomic E-state index is 0.579. The predicted octanol–water partition coefficient (Wildman–Crippen LogP) is 2.96. The van der Waals surface area contributed by atoms with Crippen molar-refractivity contribution in [1.29, 1.82) is 0 Å². The van der Waals surface area contributed by atoms with Crippen LogP contribution in [0.5, 0.6) is 0 Å². The Balaban J connectivity index is 1.57. The first-order valence-corrected chi connectivity index (χ1v) is 7.96. The molecule has 2 aromatic carbocycles. The molecule has 0 spiro atoms. The van der Waals surface area contributed by atoms with Crippen LogP contribution in [0.15, 0.2) is 60.7 Å². The van der Waals surface area contributed by atoms with E-state index in [9.17, 15) is 0 Å². The number of nitrogens with one attached hydrogen (secondary N) is 2. The normalized spacial score (nSPS) is 22.1. The summed E-state index contributed by atoms with van der Waals surface area (Å²) in [6, 6.07) is 22.2. The lowest BCUT2D eigenvalue weighted by Crippen LogP contribution is -2.46. The highest BCUT2D eigenvalue weighted by Crippen LogP contribution is 2.23. The highest BCUT2D eigenvalue weighted by atomic mass is 15.0. The number of benzene rings is 2. The molecule has 0 radical (unpaired) electrons. The SMILES string of the molecule is c1ccc(CCNC2CCNCC2c2ccccc2)cc1. The molecule has 1 aliphatic rings. The summed E-state index contributed by atoms with van der Waals surface area (Å²) in [5.41, 5.74) is 2.86. The Kier molecular flexibility index (Phi) is 5.03. The van der Waals surface area contributed by atoms with Gasteiger partial charge in [0.15, 0.2) is 0 Å². The highest BCUT2D eigenvalue weighted by Gasteiger charge is 2.25. The van der Waals surface area contributed by atoms with Gasteiger partial charge in [-0.25, -0.2) is 0 Å². The van der Waals surface area contributed by atoms with Crippen LogP contribution in [0.25, 0.3) is 0 Å². The molecule has 1 heterocycles. The summed E-state index contributed by atoms with van der Waals surface area (Å²) in [5, 5.41) is 7.31. The minimum Gasteiger partial charge on any atom is -0.316 e. The van der Waals surface area contributed by atoms with Crippen LogP contribution in [0.1, 0.15) is 23.5 Å². The van der Waals surface area contributed by atoms with Crippen molar-refractivity contribution in [3.05, 3.63) is 71.8 Å². The number of piperidine rings is 1. The lowest BCUT2D eigenvalue weighted by atomic mass is 9.87. The Morgan fingerprint density at radius 1 is 0.952 bits per heavy atom. The van der Waals surface area contributed by atoms with E-state index in [2.05, 4.69) is 71.3 Å². The van der Waals surface area contributed by atoms with Crippen molar-refractivity contribution in [2.45, 2.75) is 24.8 Å². The number of hydrogen-bond acceptors (Lipinski definition) is 2. The summed E-state index contributed by atoms with van der Waals surface area (Å²) in [4.78, 5) is 0. The van der Waals surface area contributed by atoms with Crippen LogP contribution in [-0.2, 0) is 6.42 Å². The molecule has 2 N–H and O–H groups in total. The first-order valence-electron chi connectivity index (χ1n) is 7.96. The molecule has 110 valence electrons. The molecule has 0 aliphatic carbocycles. The quantitative estimate of drug-likeness (QED) is 0.880. The van der Waals surface area contributed by atoms with Crippen LogP contribution in [0.2, 0.25) is 0 Å². The molecule has 1 saturated heterocycles. The first kappa shape index (κ1) is 14.3. The van der Waals surface area contributed by atoms with E-state index in [1.807, 2.05) is 0 Å². The van der Waals surface area contributed by atoms with E-state index in [0.29, 0.717) is 12.0 Å². The fraction of sp³-hybridized carbons (Fsp3) is 0.368. The van der Waals surface area contributed by atoms with Crippen molar-refractivity contribution in [1.82, 2.24) is 10.6 Å². The third-order valence-corrected chi connectivity index (χ3v) is 4.37. The van der Waals surface area contributed by atoms with E-state index in [1.54, 1.807) is 0 Å². The molecule has 0 bridgehead atoms. The van der Waals surface area contributed by atoms with Crippen LogP contribution in [0, 0.1) is 0 Å². The molecule has 2 atom stereocenters. The Bertz CT molecular complexity index is 524. The molecule has 1 aliphatic heterocycles. The molecular formula is C19H24N2. The molecule has 21 heavy (non-hydrogen) atoms. The average Bonchev–Trinajstić information content (AvgIpc) is 2.57. The Labute approximate surface area is 127 Å². The maximum Gasteiger partial charge on any atom is 0.0160 e. The zero-order valence-corrected chi connectivity index (χ0v) is 12.5. The van der Waals surface area contributed by atoms with Gasteiger partial charge in [0.2, 0.25) is 0 Å². The maximum atomic E-state index is 3.78. The fourth-order valence-electron chi connectivity index (χ4n) is 3.20. The summed E-state index contributed by atoms with van der Waals surface area (Å²) < 4.78 is 0. The second kappa shape index (κ2) is 7.39. The van der Waals surface area contributed by atoms with E-state index in [1.165, 1.54) is 17.5 Å². The molecule has 2 nitrogen and oxygen atoms in total. The van der Waals surface area contributed by atoms with Crippen molar-refractivity contribution in [3.63, 3.8) is 0 Å². The van der Waals surface area contributed by atoms with Crippen molar-refractivity contribution >= 4 is 0 Å². The van der Waals surface area contributed by atoms with E-state index in [0.717, 1.165) is 26.1 Å². The summed E-state index contributed by atoms with van der Waals surface area (Å²) in [7, 11) is 0. The zero-order valence-electron chi connectivity index (χ0n) is 12.5. The molecule has 0 saturated carbocycles. The van der Waals surface area contributed by atoms with Gasteiger partial charge in [0.05, 0.1) is 0 Å². The van der Waals surface area contributed by atoms with Crippen molar-refractivity contribution < 1.29 is 0 Å². The monoisotopic (exact) mass is 280 g/mol. The van der Waals surface area contributed by atoms with E-state index in [4.69, 9.17) is 0 Å². The summed E-state index contributed by atoms with van der Waals surface area (Å²) in [5.74, 6) is 0.579. The molecular weight excluding hydrogens is 256 g/mol.